The Labute approximate surface area is 76.8 Å². The van der Waals surface area contributed by atoms with E-state index in [-0.39, 0.29) is 17.8 Å². The first-order chi connectivity index (χ1) is 6.13. The van der Waals surface area contributed by atoms with Gasteiger partial charge in [0, 0.05) is 12.5 Å². The highest BCUT2D eigenvalue weighted by molar-refractivity contribution is 5.26. The first-order valence-electron chi connectivity index (χ1n) is 4.05. The van der Waals surface area contributed by atoms with Crippen molar-refractivity contribution < 1.29 is 0 Å². The van der Waals surface area contributed by atoms with Crippen LogP contribution in [0.25, 0.3) is 0 Å². The van der Waals surface area contributed by atoms with Crippen LogP contribution in [0.3, 0.4) is 0 Å². The monoisotopic (exact) mass is 182 g/mol. The molecule has 0 radical (unpaired) electrons. The van der Waals surface area contributed by atoms with Crippen LogP contribution in [0, 0.1) is 0 Å². The zero-order valence-electron chi connectivity index (χ0n) is 7.78. The molecule has 0 spiro atoms. The number of nitrogen functional groups attached to an aromatic ring is 2. The first-order valence-corrected chi connectivity index (χ1v) is 4.05. The van der Waals surface area contributed by atoms with Gasteiger partial charge < -0.3 is 16.8 Å². The standard InChI is InChI=1S/C7H14N6/c1-4(3-10-2)5-11-6(8)13-7(9)12-5/h4,10H,3H2,1-2H3,(H4,8,9,11,12,13). The summed E-state index contributed by atoms with van der Waals surface area (Å²) in [5, 5.41) is 3.02. The minimum absolute atomic E-state index is 0.172. The molecule has 72 valence electrons. The molecule has 0 aromatic carbocycles. The van der Waals surface area contributed by atoms with Crippen molar-refractivity contribution in [2.45, 2.75) is 12.8 Å². The van der Waals surface area contributed by atoms with Crippen LogP contribution < -0.4 is 16.8 Å². The van der Waals surface area contributed by atoms with Gasteiger partial charge in [-0.1, -0.05) is 6.92 Å². The molecule has 1 heterocycles. The van der Waals surface area contributed by atoms with Gasteiger partial charge >= 0.3 is 0 Å². The Morgan fingerprint density at radius 1 is 1.23 bits per heavy atom. The average molecular weight is 182 g/mol. The molecule has 0 fully saturated rings. The fourth-order valence-electron chi connectivity index (χ4n) is 1.04. The SMILES string of the molecule is CNCC(C)c1nc(N)nc(N)n1. The highest BCUT2D eigenvalue weighted by atomic mass is 15.1. The summed E-state index contributed by atoms with van der Waals surface area (Å²) in [4.78, 5) is 11.7. The third kappa shape index (κ3) is 2.51. The first kappa shape index (κ1) is 9.66. The third-order valence-electron chi connectivity index (χ3n) is 1.64. The van der Waals surface area contributed by atoms with E-state index in [1.807, 2.05) is 14.0 Å². The largest absolute Gasteiger partial charge is 0.368 e. The van der Waals surface area contributed by atoms with E-state index < -0.39 is 0 Å². The topological polar surface area (TPSA) is 103 Å². The summed E-state index contributed by atoms with van der Waals surface area (Å²) in [6, 6.07) is 0. The zero-order chi connectivity index (χ0) is 9.84. The molecule has 0 saturated heterocycles. The fourth-order valence-corrected chi connectivity index (χ4v) is 1.04. The molecule has 5 N–H and O–H groups in total. The van der Waals surface area contributed by atoms with Crippen molar-refractivity contribution in [3.63, 3.8) is 0 Å². The lowest BCUT2D eigenvalue weighted by Crippen LogP contribution is -2.18. The predicted molar refractivity (Wildman–Crippen MR) is 51.0 cm³/mol. The van der Waals surface area contributed by atoms with Crippen LogP contribution in [-0.2, 0) is 0 Å². The predicted octanol–water partition coefficient (Wildman–Crippen LogP) is -0.641. The highest BCUT2D eigenvalue weighted by Crippen LogP contribution is 2.10. The maximum atomic E-state index is 5.43. The molecule has 1 aromatic rings. The Hall–Kier alpha value is -1.43. The number of nitrogens with two attached hydrogens (primary N) is 2. The lowest BCUT2D eigenvalue weighted by atomic mass is 10.2. The van der Waals surface area contributed by atoms with E-state index >= 15 is 0 Å². The Kier molecular flexibility index (Phi) is 2.97. The van der Waals surface area contributed by atoms with Gasteiger partial charge in [-0.05, 0) is 7.05 Å². The average Bonchev–Trinajstić information content (AvgIpc) is 2.03. The molecule has 1 rings (SSSR count). The smallest absolute Gasteiger partial charge is 0.225 e. The summed E-state index contributed by atoms with van der Waals surface area (Å²) in [6.07, 6.45) is 0. The van der Waals surface area contributed by atoms with Gasteiger partial charge in [0.25, 0.3) is 0 Å². The van der Waals surface area contributed by atoms with Crippen molar-refractivity contribution in [1.82, 2.24) is 20.3 Å². The summed E-state index contributed by atoms with van der Waals surface area (Å²) in [6.45, 7) is 2.77. The van der Waals surface area contributed by atoms with E-state index in [1.165, 1.54) is 0 Å². The third-order valence-corrected chi connectivity index (χ3v) is 1.64. The van der Waals surface area contributed by atoms with Crippen LogP contribution in [0.4, 0.5) is 11.9 Å². The Morgan fingerprint density at radius 2 is 1.77 bits per heavy atom. The van der Waals surface area contributed by atoms with Crippen molar-refractivity contribution in [3.8, 4) is 0 Å². The number of rotatable bonds is 3. The van der Waals surface area contributed by atoms with E-state index in [1.54, 1.807) is 0 Å². The summed E-state index contributed by atoms with van der Waals surface area (Å²) < 4.78 is 0. The molecule has 1 aromatic heterocycles. The van der Waals surface area contributed by atoms with Crippen molar-refractivity contribution in [2.24, 2.45) is 0 Å². The van der Waals surface area contributed by atoms with E-state index in [2.05, 4.69) is 20.3 Å². The van der Waals surface area contributed by atoms with Gasteiger partial charge in [-0.15, -0.1) is 0 Å². The number of nitrogens with zero attached hydrogens (tertiary/aromatic N) is 3. The van der Waals surface area contributed by atoms with E-state index in [9.17, 15) is 0 Å². The van der Waals surface area contributed by atoms with Crippen molar-refractivity contribution in [3.05, 3.63) is 5.82 Å². The van der Waals surface area contributed by atoms with Gasteiger partial charge in [-0.2, -0.15) is 15.0 Å². The molecule has 1 unspecified atom stereocenters. The Morgan fingerprint density at radius 3 is 2.23 bits per heavy atom. The molecular formula is C7H14N6. The minimum Gasteiger partial charge on any atom is -0.368 e. The maximum absolute atomic E-state index is 5.43. The quantitative estimate of drug-likeness (QED) is 0.574. The second-order valence-corrected chi connectivity index (χ2v) is 2.87. The second-order valence-electron chi connectivity index (χ2n) is 2.87. The molecule has 0 amide bonds. The number of hydrogen-bond donors (Lipinski definition) is 3. The summed E-state index contributed by atoms with van der Waals surface area (Å²) in [5.41, 5.74) is 10.9. The number of anilines is 2. The molecule has 0 saturated carbocycles. The molecule has 0 aliphatic rings. The van der Waals surface area contributed by atoms with Crippen molar-refractivity contribution >= 4 is 11.9 Å². The van der Waals surface area contributed by atoms with Crippen LogP contribution in [0.5, 0.6) is 0 Å². The summed E-state index contributed by atoms with van der Waals surface area (Å²) in [5.74, 6) is 1.15. The van der Waals surface area contributed by atoms with Crippen molar-refractivity contribution in [1.29, 1.82) is 0 Å². The number of nitrogens with one attached hydrogen (secondary N) is 1. The number of likely N-dealkylation sites (N-methyl/N-ethyl adjacent to an activating group) is 1. The zero-order valence-corrected chi connectivity index (χ0v) is 7.78. The summed E-state index contributed by atoms with van der Waals surface area (Å²) >= 11 is 0. The molecular weight excluding hydrogens is 168 g/mol. The van der Waals surface area contributed by atoms with Crippen LogP contribution in [0.1, 0.15) is 18.7 Å². The molecule has 6 heteroatoms. The number of hydrogen-bond acceptors (Lipinski definition) is 6. The van der Waals surface area contributed by atoms with Gasteiger partial charge in [0.1, 0.15) is 5.82 Å². The van der Waals surface area contributed by atoms with Gasteiger partial charge in [0.2, 0.25) is 11.9 Å². The van der Waals surface area contributed by atoms with Gasteiger partial charge in [0.15, 0.2) is 0 Å². The molecule has 6 nitrogen and oxygen atoms in total. The van der Waals surface area contributed by atoms with Gasteiger partial charge in [-0.25, -0.2) is 0 Å². The van der Waals surface area contributed by atoms with E-state index in [0.717, 1.165) is 6.54 Å². The number of aromatic nitrogens is 3. The van der Waals surface area contributed by atoms with Crippen LogP contribution in [0.2, 0.25) is 0 Å². The molecule has 0 aliphatic carbocycles. The lowest BCUT2D eigenvalue weighted by Gasteiger charge is -2.09. The van der Waals surface area contributed by atoms with E-state index in [0.29, 0.717) is 5.82 Å². The van der Waals surface area contributed by atoms with Gasteiger partial charge in [0.05, 0.1) is 0 Å². The second kappa shape index (κ2) is 3.99. The minimum atomic E-state index is 0.172. The Bertz CT molecular complexity index is 266. The molecule has 1 atom stereocenters. The van der Waals surface area contributed by atoms with Crippen LogP contribution >= 0.6 is 0 Å². The normalized spacial score (nSPS) is 12.8. The van der Waals surface area contributed by atoms with Crippen LogP contribution in [-0.4, -0.2) is 28.5 Å². The lowest BCUT2D eigenvalue weighted by molar-refractivity contribution is 0.639. The van der Waals surface area contributed by atoms with Crippen LogP contribution in [0.15, 0.2) is 0 Å². The fraction of sp³-hybridized carbons (Fsp3) is 0.571. The molecule has 0 aliphatic heterocycles. The van der Waals surface area contributed by atoms with E-state index in [4.69, 9.17) is 11.5 Å². The highest BCUT2D eigenvalue weighted by Gasteiger charge is 2.09. The molecule has 0 bridgehead atoms. The maximum Gasteiger partial charge on any atom is 0.225 e. The van der Waals surface area contributed by atoms with Gasteiger partial charge in [-0.3, -0.25) is 0 Å². The molecule has 13 heavy (non-hydrogen) atoms. The van der Waals surface area contributed by atoms with Crippen molar-refractivity contribution in [2.75, 3.05) is 25.1 Å². The Balaban J connectivity index is 2.87. The summed E-state index contributed by atoms with van der Waals surface area (Å²) in [7, 11) is 1.87.